The van der Waals surface area contributed by atoms with Gasteiger partial charge in [0, 0.05) is 10.0 Å². The second-order valence-electron chi connectivity index (χ2n) is 3.32. The highest BCUT2D eigenvalue weighted by molar-refractivity contribution is 9.10. The predicted molar refractivity (Wildman–Crippen MR) is 57.7 cm³/mol. The second kappa shape index (κ2) is 4.28. The summed E-state index contributed by atoms with van der Waals surface area (Å²) >= 11 is 3.12. The van der Waals surface area contributed by atoms with Gasteiger partial charge in [0.15, 0.2) is 0 Å². The summed E-state index contributed by atoms with van der Waals surface area (Å²) in [5.74, 6) is -1.22. The van der Waals surface area contributed by atoms with E-state index in [0.29, 0.717) is 4.47 Å². The molecule has 0 bridgehead atoms. The van der Waals surface area contributed by atoms with E-state index in [1.807, 2.05) is 0 Å². The number of benzene rings is 1. The zero-order chi connectivity index (χ0) is 11.6. The van der Waals surface area contributed by atoms with Crippen LogP contribution >= 0.6 is 15.9 Å². The molecule has 0 aromatic heterocycles. The Morgan fingerprint density at radius 1 is 1.60 bits per heavy atom. The highest BCUT2D eigenvalue weighted by atomic mass is 79.9. The van der Waals surface area contributed by atoms with Gasteiger partial charge in [0.05, 0.1) is 7.11 Å². The summed E-state index contributed by atoms with van der Waals surface area (Å²) < 4.78 is 18.6. The van der Waals surface area contributed by atoms with E-state index in [1.165, 1.54) is 26.2 Å². The lowest BCUT2D eigenvalue weighted by molar-refractivity contribution is -0.146. The van der Waals surface area contributed by atoms with E-state index in [1.54, 1.807) is 6.07 Å². The van der Waals surface area contributed by atoms with Gasteiger partial charge in [0.2, 0.25) is 0 Å². The Hall–Kier alpha value is -0.940. The van der Waals surface area contributed by atoms with Crippen molar-refractivity contribution < 1.29 is 13.9 Å². The van der Waals surface area contributed by atoms with Crippen molar-refractivity contribution in [3.63, 3.8) is 0 Å². The molecule has 0 aliphatic carbocycles. The lowest BCUT2D eigenvalue weighted by atomic mass is 9.93. The van der Waals surface area contributed by atoms with Gasteiger partial charge in [-0.2, -0.15) is 0 Å². The summed E-state index contributed by atoms with van der Waals surface area (Å²) in [5, 5.41) is 0. The number of methoxy groups -OCH3 is 1. The van der Waals surface area contributed by atoms with Crippen LogP contribution < -0.4 is 5.73 Å². The Bertz CT molecular complexity index is 393. The van der Waals surface area contributed by atoms with Gasteiger partial charge in [-0.05, 0) is 19.1 Å². The van der Waals surface area contributed by atoms with E-state index in [9.17, 15) is 9.18 Å². The fourth-order valence-electron chi connectivity index (χ4n) is 1.23. The van der Waals surface area contributed by atoms with E-state index in [2.05, 4.69) is 20.7 Å². The molecule has 0 aliphatic heterocycles. The first-order valence-corrected chi connectivity index (χ1v) is 5.01. The third-order valence-corrected chi connectivity index (χ3v) is 2.59. The molecule has 15 heavy (non-hydrogen) atoms. The second-order valence-corrected chi connectivity index (χ2v) is 4.23. The molecule has 1 rings (SSSR count). The maximum absolute atomic E-state index is 13.5. The van der Waals surface area contributed by atoms with E-state index < -0.39 is 17.3 Å². The van der Waals surface area contributed by atoms with Crippen molar-refractivity contribution in [3.05, 3.63) is 34.1 Å². The Morgan fingerprint density at radius 2 is 2.20 bits per heavy atom. The predicted octanol–water partition coefficient (Wildman–Crippen LogP) is 1.94. The van der Waals surface area contributed by atoms with Gasteiger partial charge in [0.1, 0.15) is 11.4 Å². The van der Waals surface area contributed by atoms with Gasteiger partial charge in [0.25, 0.3) is 0 Å². The molecule has 0 amide bonds. The Balaban J connectivity index is 3.21. The average Bonchev–Trinajstić information content (AvgIpc) is 2.15. The number of carbonyl (C=O) groups excluding carboxylic acids is 1. The van der Waals surface area contributed by atoms with Crippen molar-refractivity contribution in [3.8, 4) is 0 Å². The smallest absolute Gasteiger partial charge is 0.330 e. The molecule has 0 heterocycles. The van der Waals surface area contributed by atoms with Gasteiger partial charge in [-0.3, -0.25) is 0 Å². The first-order chi connectivity index (χ1) is 6.89. The van der Waals surface area contributed by atoms with Crippen molar-refractivity contribution >= 4 is 21.9 Å². The van der Waals surface area contributed by atoms with Crippen LogP contribution in [0.1, 0.15) is 12.5 Å². The van der Waals surface area contributed by atoms with Crippen LogP contribution in [0.2, 0.25) is 0 Å². The van der Waals surface area contributed by atoms with E-state index in [0.717, 1.165) is 0 Å². The van der Waals surface area contributed by atoms with Crippen LogP contribution in [0.3, 0.4) is 0 Å². The number of esters is 1. The van der Waals surface area contributed by atoms with Gasteiger partial charge < -0.3 is 10.5 Å². The number of carbonyl (C=O) groups is 1. The van der Waals surface area contributed by atoms with Crippen LogP contribution in [-0.4, -0.2) is 13.1 Å². The Kier molecular flexibility index (Phi) is 3.46. The van der Waals surface area contributed by atoms with Gasteiger partial charge in [-0.25, -0.2) is 9.18 Å². The molecule has 5 heteroatoms. The van der Waals surface area contributed by atoms with Crippen LogP contribution in [0.15, 0.2) is 22.7 Å². The molecule has 3 nitrogen and oxygen atoms in total. The normalized spacial score (nSPS) is 14.5. The topological polar surface area (TPSA) is 52.3 Å². The highest BCUT2D eigenvalue weighted by Crippen LogP contribution is 2.24. The van der Waals surface area contributed by atoms with E-state index >= 15 is 0 Å². The molecule has 0 saturated carbocycles. The SMILES string of the molecule is COC(=O)C(C)(N)c1ccc(Br)cc1F. The van der Waals surface area contributed by atoms with E-state index in [4.69, 9.17) is 5.73 Å². The largest absolute Gasteiger partial charge is 0.467 e. The number of hydrogen-bond acceptors (Lipinski definition) is 3. The minimum Gasteiger partial charge on any atom is -0.467 e. The van der Waals surface area contributed by atoms with E-state index in [-0.39, 0.29) is 5.56 Å². The third kappa shape index (κ3) is 2.35. The van der Waals surface area contributed by atoms with Crippen molar-refractivity contribution in [2.24, 2.45) is 5.73 Å². The summed E-state index contributed by atoms with van der Waals surface area (Å²) in [5.41, 5.74) is 4.35. The number of nitrogens with two attached hydrogens (primary N) is 1. The molecule has 0 aliphatic rings. The molecule has 1 aromatic carbocycles. The van der Waals surface area contributed by atoms with Crippen molar-refractivity contribution in [2.45, 2.75) is 12.5 Å². The van der Waals surface area contributed by atoms with Crippen molar-refractivity contribution in [1.82, 2.24) is 0 Å². The zero-order valence-electron chi connectivity index (χ0n) is 8.38. The van der Waals surface area contributed by atoms with Crippen LogP contribution in [0, 0.1) is 5.82 Å². The van der Waals surface area contributed by atoms with Crippen LogP contribution in [0.4, 0.5) is 4.39 Å². The first-order valence-electron chi connectivity index (χ1n) is 4.22. The molecule has 82 valence electrons. The maximum atomic E-state index is 13.5. The molecule has 0 spiro atoms. The highest BCUT2D eigenvalue weighted by Gasteiger charge is 2.34. The van der Waals surface area contributed by atoms with Gasteiger partial charge in [-0.15, -0.1) is 0 Å². The monoisotopic (exact) mass is 275 g/mol. The van der Waals surface area contributed by atoms with Crippen LogP contribution in [-0.2, 0) is 15.1 Å². The average molecular weight is 276 g/mol. The summed E-state index contributed by atoms with van der Waals surface area (Å²) in [6.07, 6.45) is 0. The number of rotatable bonds is 2. The first kappa shape index (κ1) is 12.1. The van der Waals surface area contributed by atoms with Gasteiger partial charge in [-0.1, -0.05) is 22.0 Å². The third-order valence-electron chi connectivity index (χ3n) is 2.10. The lowest BCUT2D eigenvalue weighted by Crippen LogP contribution is -2.43. The van der Waals surface area contributed by atoms with Crippen LogP contribution in [0.25, 0.3) is 0 Å². The summed E-state index contributed by atoms with van der Waals surface area (Å²) in [4.78, 5) is 11.3. The fourth-order valence-corrected chi connectivity index (χ4v) is 1.57. The quantitative estimate of drug-likeness (QED) is 0.840. The van der Waals surface area contributed by atoms with Crippen molar-refractivity contribution in [1.29, 1.82) is 0 Å². The maximum Gasteiger partial charge on any atom is 0.330 e. The Morgan fingerprint density at radius 3 is 2.67 bits per heavy atom. The fraction of sp³-hybridized carbons (Fsp3) is 0.300. The van der Waals surface area contributed by atoms with Gasteiger partial charge >= 0.3 is 5.97 Å². The minimum absolute atomic E-state index is 0.109. The summed E-state index contributed by atoms with van der Waals surface area (Å²) in [6.45, 7) is 1.41. The molecule has 2 N–H and O–H groups in total. The summed E-state index contributed by atoms with van der Waals surface area (Å²) in [6, 6.07) is 4.33. The minimum atomic E-state index is -1.47. The molecule has 1 aromatic rings. The molecule has 1 atom stereocenters. The Labute approximate surface area is 95.5 Å². The van der Waals surface area contributed by atoms with Crippen LogP contribution in [0.5, 0.6) is 0 Å². The lowest BCUT2D eigenvalue weighted by Gasteiger charge is -2.22. The molecule has 1 unspecified atom stereocenters. The molecular formula is C10H11BrFNO2. The zero-order valence-corrected chi connectivity index (χ0v) is 9.97. The van der Waals surface area contributed by atoms with Crippen molar-refractivity contribution in [2.75, 3.05) is 7.11 Å². The molecule has 0 saturated heterocycles. The number of halogens is 2. The molecular weight excluding hydrogens is 265 g/mol. The standard InChI is InChI=1S/C10H11BrFNO2/c1-10(13,9(14)15-2)7-4-3-6(11)5-8(7)12/h3-5H,13H2,1-2H3. The summed E-state index contributed by atoms with van der Waals surface area (Å²) in [7, 11) is 1.21. The molecule has 0 fully saturated rings. The number of ether oxygens (including phenoxy) is 1. The molecule has 0 radical (unpaired) electrons. The number of hydrogen-bond donors (Lipinski definition) is 1.